The second-order valence-corrected chi connectivity index (χ2v) is 6.75. The quantitative estimate of drug-likeness (QED) is 0.506. The molecule has 5 heteroatoms. The highest BCUT2D eigenvalue weighted by Crippen LogP contribution is 2.22. The molecule has 19 heavy (non-hydrogen) atoms. The summed E-state index contributed by atoms with van der Waals surface area (Å²) in [4.78, 5) is 0. The van der Waals surface area contributed by atoms with E-state index in [0.29, 0.717) is 0 Å². The SMILES string of the molecule is CCCCCCCCCC(C)(C)OS(=O)(=O)OCC. The predicted octanol–water partition coefficient (Wildman–Crippen LogP) is 4.20. The first-order valence-corrected chi connectivity index (χ1v) is 8.76. The molecular weight excluding hydrogens is 264 g/mol. The smallest absolute Gasteiger partial charge is 0.248 e. The van der Waals surface area contributed by atoms with Gasteiger partial charge in [-0.15, -0.1) is 0 Å². The Labute approximate surface area is 119 Å². The molecule has 0 atom stereocenters. The Balaban J connectivity index is 3.79. The standard InChI is InChI=1S/C14H30O4S/c1-5-7-8-9-10-11-12-13-14(3,4)18-19(15,16)17-6-2/h5-13H2,1-4H3. The van der Waals surface area contributed by atoms with Gasteiger partial charge in [-0.05, 0) is 27.2 Å². The summed E-state index contributed by atoms with van der Waals surface area (Å²) in [7, 11) is -3.84. The van der Waals surface area contributed by atoms with Crippen molar-refractivity contribution in [1.29, 1.82) is 0 Å². The molecule has 0 bridgehead atoms. The molecule has 0 aliphatic rings. The number of rotatable bonds is 12. The van der Waals surface area contributed by atoms with Crippen molar-refractivity contribution >= 4 is 10.4 Å². The van der Waals surface area contributed by atoms with Gasteiger partial charge in [0.05, 0.1) is 12.2 Å². The maximum atomic E-state index is 11.4. The van der Waals surface area contributed by atoms with Crippen molar-refractivity contribution in [2.75, 3.05) is 6.61 Å². The van der Waals surface area contributed by atoms with Crippen LogP contribution >= 0.6 is 0 Å². The normalized spacial score (nSPS) is 12.8. The molecule has 0 aliphatic carbocycles. The van der Waals surface area contributed by atoms with Crippen molar-refractivity contribution in [3.8, 4) is 0 Å². The van der Waals surface area contributed by atoms with Crippen molar-refractivity contribution in [2.45, 2.75) is 84.7 Å². The number of hydrogen-bond acceptors (Lipinski definition) is 4. The van der Waals surface area contributed by atoms with Gasteiger partial charge in [-0.25, -0.2) is 8.37 Å². The molecule has 0 unspecified atom stereocenters. The van der Waals surface area contributed by atoms with E-state index in [2.05, 4.69) is 11.1 Å². The third-order valence-electron chi connectivity index (χ3n) is 2.97. The van der Waals surface area contributed by atoms with E-state index in [0.717, 1.165) is 19.3 Å². The van der Waals surface area contributed by atoms with Gasteiger partial charge in [-0.3, -0.25) is 0 Å². The Morgan fingerprint density at radius 2 is 1.42 bits per heavy atom. The zero-order valence-electron chi connectivity index (χ0n) is 12.9. The Bertz CT molecular complexity index is 309. The van der Waals surface area contributed by atoms with Gasteiger partial charge in [0, 0.05) is 0 Å². The van der Waals surface area contributed by atoms with Crippen molar-refractivity contribution in [3.05, 3.63) is 0 Å². The molecular formula is C14H30O4S. The first-order valence-electron chi connectivity index (χ1n) is 7.43. The van der Waals surface area contributed by atoms with E-state index in [1.54, 1.807) is 20.8 Å². The number of unbranched alkanes of at least 4 members (excludes halogenated alkanes) is 6. The van der Waals surface area contributed by atoms with Crippen LogP contribution in [0.5, 0.6) is 0 Å². The molecule has 0 amide bonds. The average molecular weight is 294 g/mol. The Morgan fingerprint density at radius 1 is 0.895 bits per heavy atom. The Kier molecular flexibility index (Phi) is 9.66. The van der Waals surface area contributed by atoms with Crippen LogP contribution in [0.15, 0.2) is 0 Å². The summed E-state index contributed by atoms with van der Waals surface area (Å²) in [5, 5.41) is 0. The lowest BCUT2D eigenvalue weighted by atomic mass is 10.00. The summed E-state index contributed by atoms with van der Waals surface area (Å²) in [6.07, 6.45) is 9.20. The molecule has 4 nitrogen and oxygen atoms in total. The molecule has 0 aliphatic heterocycles. The summed E-state index contributed by atoms with van der Waals surface area (Å²) in [6.45, 7) is 7.53. The number of hydrogen-bond donors (Lipinski definition) is 0. The van der Waals surface area contributed by atoms with Crippen molar-refractivity contribution in [2.24, 2.45) is 0 Å². The van der Waals surface area contributed by atoms with Crippen LogP contribution in [0.1, 0.15) is 79.1 Å². The maximum absolute atomic E-state index is 11.4. The van der Waals surface area contributed by atoms with Gasteiger partial charge in [-0.2, -0.15) is 8.42 Å². The van der Waals surface area contributed by atoms with Gasteiger partial charge >= 0.3 is 10.4 Å². The van der Waals surface area contributed by atoms with Gasteiger partial charge in [0.15, 0.2) is 0 Å². The third-order valence-corrected chi connectivity index (χ3v) is 4.15. The zero-order chi connectivity index (χ0) is 14.8. The highest BCUT2D eigenvalue weighted by Gasteiger charge is 2.26. The molecule has 0 radical (unpaired) electrons. The van der Waals surface area contributed by atoms with Crippen LogP contribution in [0.3, 0.4) is 0 Å². The van der Waals surface area contributed by atoms with Crippen molar-refractivity contribution in [1.82, 2.24) is 0 Å². The fourth-order valence-electron chi connectivity index (χ4n) is 1.99. The molecule has 0 spiro atoms. The Morgan fingerprint density at radius 3 is 1.95 bits per heavy atom. The van der Waals surface area contributed by atoms with Gasteiger partial charge in [0.2, 0.25) is 0 Å². The van der Waals surface area contributed by atoms with Crippen LogP contribution in [0, 0.1) is 0 Å². The summed E-state index contributed by atoms with van der Waals surface area (Å²) >= 11 is 0. The fraction of sp³-hybridized carbons (Fsp3) is 1.00. The van der Waals surface area contributed by atoms with Gasteiger partial charge in [0.25, 0.3) is 0 Å². The monoisotopic (exact) mass is 294 g/mol. The first kappa shape index (κ1) is 18.9. The molecule has 116 valence electrons. The van der Waals surface area contributed by atoms with Crippen LogP contribution in [-0.2, 0) is 18.8 Å². The third kappa shape index (κ3) is 11.4. The first-order chi connectivity index (χ1) is 8.83. The van der Waals surface area contributed by atoms with Crippen LogP contribution in [-0.4, -0.2) is 20.6 Å². The molecule has 0 aromatic rings. The Hall–Kier alpha value is -0.130. The van der Waals surface area contributed by atoms with E-state index in [-0.39, 0.29) is 6.61 Å². The van der Waals surface area contributed by atoms with E-state index in [1.165, 1.54) is 32.1 Å². The van der Waals surface area contributed by atoms with Crippen LogP contribution in [0.25, 0.3) is 0 Å². The van der Waals surface area contributed by atoms with Crippen molar-refractivity contribution in [3.63, 3.8) is 0 Å². The molecule has 0 saturated heterocycles. The minimum atomic E-state index is -3.84. The van der Waals surface area contributed by atoms with E-state index < -0.39 is 16.0 Å². The summed E-state index contributed by atoms with van der Waals surface area (Å²) in [5.74, 6) is 0. The second kappa shape index (κ2) is 9.72. The fourth-order valence-corrected chi connectivity index (χ4v) is 2.97. The van der Waals surface area contributed by atoms with E-state index >= 15 is 0 Å². The highest BCUT2D eigenvalue weighted by atomic mass is 32.3. The zero-order valence-corrected chi connectivity index (χ0v) is 13.7. The van der Waals surface area contributed by atoms with Gasteiger partial charge < -0.3 is 0 Å². The molecule has 0 saturated carbocycles. The molecule has 0 heterocycles. The summed E-state index contributed by atoms with van der Waals surface area (Å²) in [5.41, 5.74) is -0.683. The van der Waals surface area contributed by atoms with Gasteiger partial charge in [-0.1, -0.05) is 51.9 Å². The molecule has 0 aromatic carbocycles. The van der Waals surface area contributed by atoms with Crippen LogP contribution in [0.2, 0.25) is 0 Å². The summed E-state index contributed by atoms with van der Waals surface area (Å²) in [6, 6.07) is 0. The van der Waals surface area contributed by atoms with Gasteiger partial charge in [0.1, 0.15) is 0 Å². The molecule has 0 fully saturated rings. The second-order valence-electron chi connectivity index (χ2n) is 5.53. The lowest BCUT2D eigenvalue weighted by Crippen LogP contribution is -2.29. The largest absolute Gasteiger partial charge is 0.400 e. The topological polar surface area (TPSA) is 52.6 Å². The van der Waals surface area contributed by atoms with E-state index in [4.69, 9.17) is 4.18 Å². The molecule has 0 aromatic heterocycles. The lowest BCUT2D eigenvalue weighted by molar-refractivity contribution is 0.0775. The van der Waals surface area contributed by atoms with Crippen LogP contribution < -0.4 is 0 Å². The average Bonchev–Trinajstić information content (AvgIpc) is 2.26. The van der Waals surface area contributed by atoms with Crippen molar-refractivity contribution < 1.29 is 16.8 Å². The lowest BCUT2D eigenvalue weighted by Gasteiger charge is -2.23. The maximum Gasteiger partial charge on any atom is 0.400 e. The molecule has 0 rings (SSSR count). The highest BCUT2D eigenvalue weighted by molar-refractivity contribution is 7.81. The minimum Gasteiger partial charge on any atom is -0.248 e. The predicted molar refractivity (Wildman–Crippen MR) is 78.3 cm³/mol. The van der Waals surface area contributed by atoms with E-state index in [9.17, 15) is 8.42 Å². The molecule has 0 N–H and O–H groups in total. The van der Waals surface area contributed by atoms with Crippen LogP contribution in [0.4, 0.5) is 0 Å². The minimum absolute atomic E-state index is 0.107. The van der Waals surface area contributed by atoms with E-state index in [1.807, 2.05) is 0 Å². The summed E-state index contributed by atoms with van der Waals surface area (Å²) < 4.78 is 32.5.